The Hall–Kier alpha value is -3.06. The van der Waals surface area contributed by atoms with Gasteiger partial charge in [-0.2, -0.15) is 5.10 Å². The number of hydrazone groups is 1. The number of carbonyl (C=O) groups is 2. The highest BCUT2D eigenvalue weighted by Crippen LogP contribution is 2.32. The summed E-state index contributed by atoms with van der Waals surface area (Å²) in [4.78, 5) is 23.8. The topological polar surface area (TPSA) is 89.0 Å². The van der Waals surface area contributed by atoms with Gasteiger partial charge in [-0.05, 0) is 24.3 Å². The highest BCUT2D eigenvalue weighted by Gasteiger charge is 2.16. The van der Waals surface area contributed by atoms with Crippen LogP contribution in [0.3, 0.4) is 0 Å². The molecule has 7 nitrogen and oxygen atoms in total. The second kappa shape index (κ2) is 7.67. The van der Waals surface area contributed by atoms with E-state index in [0.29, 0.717) is 27.6 Å². The highest BCUT2D eigenvalue weighted by atomic mass is 35.5. The maximum atomic E-state index is 12.0. The van der Waals surface area contributed by atoms with Crippen molar-refractivity contribution in [2.45, 2.75) is 0 Å². The molecule has 0 fully saturated rings. The van der Waals surface area contributed by atoms with Crippen LogP contribution in [0.5, 0.6) is 11.5 Å². The van der Waals surface area contributed by atoms with E-state index in [0.717, 1.165) is 0 Å². The van der Waals surface area contributed by atoms with Crippen LogP contribution in [0, 0.1) is 0 Å². The Labute approximate surface area is 148 Å². The average molecular weight is 360 g/mol. The fourth-order valence-electron chi connectivity index (χ4n) is 2.09. The molecule has 0 aliphatic carbocycles. The summed E-state index contributed by atoms with van der Waals surface area (Å²) in [7, 11) is 0. The van der Waals surface area contributed by atoms with Gasteiger partial charge in [0.1, 0.15) is 0 Å². The van der Waals surface area contributed by atoms with Crippen molar-refractivity contribution in [2.24, 2.45) is 5.10 Å². The highest BCUT2D eigenvalue weighted by molar-refractivity contribution is 6.33. The Balaban J connectivity index is 1.49. The first-order valence-corrected chi connectivity index (χ1v) is 7.75. The Kier molecular flexibility index (Phi) is 5.15. The van der Waals surface area contributed by atoms with Crippen LogP contribution in [0.1, 0.15) is 15.9 Å². The van der Waals surface area contributed by atoms with Gasteiger partial charge in [-0.25, -0.2) is 5.43 Å². The van der Waals surface area contributed by atoms with Crippen molar-refractivity contribution in [3.05, 3.63) is 58.6 Å². The SMILES string of the molecule is O=C(CNC(=O)c1ccc2c(c1)OCO2)N/N=C/c1ccccc1Cl. The third-order valence-corrected chi connectivity index (χ3v) is 3.69. The van der Waals surface area contributed by atoms with E-state index in [-0.39, 0.29) is 13.3 Å². The van der Waals surface area contributed by atoms with Gasteiger partial charge in [-0.15, -0.1) is 0 Å². The van der Waals surface area contributed by atoms with E-state index in [1.807, 2.05) is 0 Å². The van der Waals surface area contributed by atoms with Crippen molar-refractivity contribution >= 4 is 29.6 Å². The number of nitrogens with zero attached hydrogens (tertiary/aromatic N) is 1. The van der Waals surface area contributed by atoms with Crippen LogP contribution >= 0.6 is 11.6 Å². The van der Waals surface area contributed by atoms with Crippen LogP contribution in [-0.2, 0) is 4.79 Å². The molecule has 2 aromatic carbocycles. The third-order valence-electron chi connectivity index (χ3n) is 3.34. The average Bonchev–Trinajstić information content (AvgIpc) is 3.09. The molecule has 1 aliphatic rings. The number of benzene rings is 2. The zero-order valence-corrected chi connectivity index (χ0v) is 13.7. The van der Waals surface area contributed by atoms with Gasteiger partial charge in [0.25, 0.3) is 11.8 Å². The molecular formula is C17H14ClN3O4. The van der Waals surface area contributed by atoms with Gasteiger partial charge in [-0.1, -0.05) is 29.8 Å². The minimum Gasteiger partial charge on any atom is -0.454 e. The summed E-state index contributed by atoms with van der Waals surface area (Å²) in [6.07, 6.45) is 1.43. The maximum absolute atomic E-state index is 12.0. The Morgan fingerprint density at radius 1 is 1.16 bits per heavy atom. The molecule has 25 heavy (non-hydrogen) atoms. The van der Waals surface area contributed by atoms with Crippen molar-refractivity contribution in [3.63, 3.8) is 0 Å². The first kappa shape index (κ1) is 16.8. The summed E-state index contributed by atoms with van der Waals surface area (Å²) < 4.78 is 10.4. The summed E-state index contributed by atoms with van der Waals surface area (Å²) in [5, 5.41) is 6.83. The molecule has 0 bridgehead atoms. The summed E-state index contributed by atoms with van der Waals surface area (Å²) in [5.74, 6) is 0.227. The number of carbonyl (C=O) groups excluding carboxylic acids is 2. The van der Waals surface area contributed by atoms with Crippen molar-refractivity contribution in [1.82, 2.24) is 10.7 Å². The molecule has 1 heterocycles. The summed E-state index contributed by atoms with van der Waals surface area (Å²) >= 11 is 5.97. The molecular weight excluding hydrogens is 346 g/mol. The number of rotatable bonds is 5. The summed E-state index contributed by atoms with van der Waals surface area (Å²) in [6, 6.07) is 11.9. The number of hydrogen-bond acceptors (Lipinski definition) is 5. The molecule has 0 saturated heterocycles. The zero-order valence-electron chi connectivity index (χ0n) is 13.0. The van der Waals surface area contributed by atoms with Gasteiger partial charge in [-0.3, -0.25) is 9.59 Å². The second-order valence-corrected chi connectivity index (χ2v) is 5.47. The quantitative estimate of drug-likeness (QED) is 0.630. The van der Waals surface area contributed by atoms with Crippen LogP contribution in [0.2, 0.25) is 5.02 Å². The smallest absolute Gasteiger partial charge is 0.259 e. The fraction of sp³-hybridized carbons (Fsp3) is 0.118. The van der Waals surface area contributed by atoms with Crippen molar-refractivity contribution in [3.8, 4) is 11.5 Å². The van der Waals surface area contributed by atoms with E-state index in [1.54, 1.807) is 42.5 Å². The first-order chi connectivity index (χ1) is 12.1. The molecule has 0 aromatic heterocycles. The minimum atomic E-state index is -0.461. The predicted octanol–water partition coefficient (Wildman–Crippen LogP) is 1.95. The lowest BCUT2D eigenvalue weighted by atomic mass is 10.2. The van der Waals surface area contributed by atoms with E-state index in [9.17, 15) is 9.59 Å². The molecule has 1 aliphatic heterocycles. The van der Waals surface area contributed by atoms with Gasteiger partial charge >= 0.3 is 0 Å². The number of amides is 2. The first-order valence-electron chi connectivity index (χ1n) is 7.38. The standard InChI is InChI=1S/C17H14ClN3O4/c18-13-4-2-1-3-12(13)8-20-21-16(22)9-19-17(23)11-5-6-14-15(7-11)25-10-24-14/h1-8H,9-10H2,(H,19,23)(H,21,22)/b20-8+. The van der Waals surface area contributed by atoms with Crippen LogP contribution in [-0.4, -0.2) is 31.4 Å². The molecule has 2 amide bonds. The largest absolute Gasteiger partial charge is 0.454 e. The van der Waals surface area contributed by atoms with E-state index in [1.165, 1.54) is 6.21 Å². The molecule has 0 radical (unpaired) electrons. The lowest BCUT2D eigenvalue weighted by molar-refractivity contribution is -0.120. The molecule has 0 atom stereocenters. The molecule has 0 saturated carbocycles. The van der Waals surface area contributed by atoms with Crippen LogP contribution in [0.25, 0.3) is 0 Å². The number of fused-ring (bicyclic) bond motifs is 1. The predicted molar refractivity (Wildman–Crippen MR) is 92.1 cm³/mol. The van der Waals surface area contributed by atoms with Crippen LogP contribution < -0.4 is 20.2 Å². The molecule has 0 unspecified atom stereocenters. The molecule has 128 valence electrons. The minimum absolute atomic E-state index is 0.131. The Morgan fingerprint density at radius 2 is 1.96 bits per heavy atom. The number of halogens is 1. The normalized spacial score (nSPS) is 12.2. The number of hydrogen-bond donors (Lipinski definition) is 2. The van der Waals surface area contributed by atoms with E-state index in [4.69, 9.17) is 21.1 Å². The molecule has 2 aromatic rings. The van der Waals surface area contributed by atoms with Crippen LogP contribution in [0.4, 0.5) is 0 Å². The van der Waals surface area contributed by atoms with Gasteiger partial charge in [0, 0.05) is 16.1 Å². The summed E-state index contributed by atoms with van der Waals surface area (Å²) in [5.41, 5.74) is 3.37. The second-order valence-electron chi connectivity index (χ2n) is 5.07. The maximum Gasteiger partial charge on any atom is 0.259 e. The molecule has 3 rings (SSSR count). The van der Waals surface area contributed by atoms with Gasteiger partial charge in [0.2, 0.25) is 6.79 Å². The van der Waals surface area contributed by atoms with E-state index < -0.39 is 11.8 Å². The Morgan fingerprint density at radius 3 is 2.80 bits per heavy atom. The molecule has 2 N–H and O–H groups in total. The lowest BCUT2D eigenvalue weighted by Crippen LogP contribution is -2.34. The number of ether oxygens (including phenoxy) is 2. The Bertz CT molecular complexity index is 838. The lowest BCUT2D eigenvalue weighted by Gasteiger charge is -2.05. The van der Waals surface area contributed by atoms with Gasteiger partial charge in [0.05, 0.1) is 12.8 Å². The van der Waals surface area contributed by atoms with Crippen molar-refractivity contribution < 1.29 is 19.1 Å². The zero-order chi connectivity index (χ0) is 17.6. The molecule has 0 spiro atoms. The van der Waals surface area contributed by atoms with Crippen LogP contribution in [0.15, 0.2) is 47.6 Å². The van der Waals surface area contributed by atoms with Crippen molar-refractivity contribution in [2.75, 3.05) is 13.3 Å². The number of nitrogens with one attached hydrogen (secondary N) is 2. The fourth-order valence-corrected chi connectivity index (χ4v) is 2.28. The van der Waals surface area contributed by atoms with Gasteiger partial charge in [0.15, 0.2) is 11.5 Å². The molecule has 8 heteroatoms. The van der Waals surface area contributed by atoms with E-state index >= 15 is 0 Å². The third kappa shape index (κ3) is 4.27. The van der Waals surface area contributed by atoms with E-state index in [2.05, 4.69) is 15.8 Å². The van der Waals surface area contributed by atoms with Crippen molar-refractivity contribution in [1.29, 1.82) is 0 Å². The van der Waals surface area contributed by atoms with Gasteiger partial charge < -0.3 is 14.8 Å². The monoisotopic (exact) mass is 359 g/mol. The summed E-state index contributed by atoms with van der Waals surface area (Å²) in [6.45, 7) is -0.0839.